The van der Waals surface area contributed by atoms with Crippen molar-refractivity contribution >= 4 is 63.8 Å². The molecule has 0 saturated heterocycles. The summed E-state index contributed by atoms with van der Waals surface area (Å²) < 4.78 is 12.3. The number of methoxy groups -OCH3 is 1. The molecule has 0 spiro atoms. The van der Waals surface area contributed by atoms with Gasteiger partial charge in [-0.3, -0.25) is 9.59 Å². The highest BCUT2D eigenvalue weighted by atomic mass is 127. The third kappa shape index (κ3) is 8.08. The van der Waals surface area contributed by atoms with Gasteiger partial charge in [0, 0.05) is 21.2 Å². The van der Waals surface area contributed by atoms with Crippen molar-refractivity contribution in [3.05, 3.63) is 91.0 Å². The Morgan fingerprint density at radius 2 is 1.81 bits per heavy atom. The lowest BCUT2D eigenvalue weighted by atomic mass is 10.0. The SMILES string of the molecule is COc1cc(/C=N/NC(=O)C(NC(=O)c2ccccc2)C(C)C)cc(I)c1OCc1ccc(Cl)cc1Cl. The Morgan fingerprint density at radius 1 is 1.08 bits per heavy atom. The van der Waals surface area contributed by atoms with Crippen LogP contribution in [0, 0.1) is 9.49 Å². The molecule has 3 aromatic carbocycles. The first-order valence-corrected chi connectivity index (χ1v) is 13.2. The summed E-state index contributed by atoms with van der Waals surface area (Å²) >= 11 is 14.3. The predicted octanol–water partition coefficient (Wildman–Crippen LogP) is 6.09. The standard InChI is InChI=1S/C27H26Cl2IN3O4/c1-16(2)24(32-26(34)18-7-5-4-6-8-18)27(35)33-31-14-17-11-22(30)25(23(12-17)36-3)37-15-19-9-10-20(28)13-21(19)29/h4-14,16,24H,15H2,1-3H3,(H,32,34)(H,33,35)/b31-14+. The zero-order chi connectivity index (χ0) is 26.9. The van der Waals surface area contributed by atoms with Crippen molar-refractivity contribution in [2.45, 2.75) is 26.5 Å². The van der Waals surface area contributed by atoms with Gasteiger partial charge in [-0.25, -0.2) is 5.43 Å². The first kappa shape index (κ1) is 28.7. The quantitative estimate of drug-likeness (QED) is 0.158. The maximum atomic E-state index is 12.7. The molecule has 0 radical (unpaired) electrons. The molecule has 194 valence electrons. The lowest BCUT2D eigenvalue weighted by Crippen LogP contribution is -2.48. The summed E-state index contributed by atoms with van der Waals surface area (Å²) in [6.45, 7) is 3.93. The Kier molecular flexibility index (Phi) is 10.6. The average molecular weight is 654 g/mol. The number of hydrogen-bond donors (Lipinski definition) is 2. The molecule has 2 N–H and O–H groups in total. The van der Waals surface area contributed by atoms with Crippen LogP contribution in [0.25, 0.3) is 0 Å². The summed E-state index contributed by atoms with van der Waals surface area (Å²) in [5.74, 6) is 0.165. The van der Waals surface area contributed by atoms with Crippen LogP contribution in [0.5, 0.6) is 11.5 Å². The first-order valence-electron chi connectivity index (χ1n) is 11.3. The van der Waals surface area contributed by atoms with Crippen molar-refractivity contribution in [3.63, 3.8) is 0 Å². The van der Waals surface area contributed by atoms with Crippen molar-refractivity contribution in [2.24, 2.45) is 11.0 Å². The Morgan fingerprint density at radius 3 is 2.46 bits per heavy atom. The van der Waals surface area contributed by atoms with Crippen LogP contribution in [0.1, 0.15) is 35.3 Å². The lowest BCUT2D eigenvalue weighted by molar-refractivity contribution is -0.123. The maximum absolute atomic E-state index is 12.7. The maximum Gasteiger partial charge on any atom is 0.262 e. The highest BCUT2D eigenvalue weighted by Gasteiger charge is 2.24. The zero-order valence-electron chi connectivity index (χ0n) is 20.4. The summed E-state index contributed by atoms with van der Waals surface area (Å²) in [5.41, 5.74) is 4.47. The third-order valence-electron chi connectivity index (χ3n) is 5.30. The van der Waals surface area contributed by atoms with E-state index in [0.29, 0.717) is 32.7 Å². The number of hydrazone groups is 1. The van der Waals surface area contributed by atoms with Crippen molar-refractivity contribution in [2.75, 3.05) is 7.11 Å². The van der Waals surface area contributed by atoms with E-state index < -0.39 is 11.9 Å². The van der Waals surface area contributed by atoms with Crippen LogP contribution in [-0.2, 0) is 11.4 Å². The van der Waals surface area contributed by atoms with Crippen LogP contribution >= 0.6 is 45.8 Å². The minimum atomic E-state index is -0.755. The normalized spacial score (nSPS) is 11.9. The molecule has 0 aromatic heterocycles. The molecule has 0 heterocycles. The molecule has 0 aliphatic rings. The Hall–Kier alpha value is -2.82. The lowest BCUT2D eigenvalue weighted by Gasteiger charge is -2.20. The largest absolute Gasteiger partial charge is 0.493 e. The van der Waals surface area contributed by atoms with Crippen LogP contribution in [0.15, 0.2) is 65.8 Å². The molecule has 0 bridgehead atoms. The molecule has 7 nitrogen and oxygen atoms in total. The topological polar surface area (TPSA) is 89.0 Å². The van der Waals surface area contributed by atoms with Gasteiger partial charge in [-0.15, -0.1) is 0 Å². The molecule has 1 atom stereocenters. The van der Waals surface area contributed by atoms with Gasteiger partial charge in [0.2, 0.25) is 0 Å². The number of benzene rings is 3. The predicted molar refractivity (Wildman–Crippen MR) is 155 cm³/mol. The van der Waals surface area contributed by atoms with E-state index in [-0.39, 0.29) is 18.4 Å². The minimum absolute atomic E-state index is 0.144. The van der Waals surface area contributed by atoms with Crippen LogP contribution in [0.4, 0.5) is 0 Å². The van der Waals surface area contributed by atoms with Gasteiger partial charge in [0.1, 0.15) is 12.6 Å². The monoisotopic (exact) mass is 653 g/mol. The van der Waals surface area contributed by atoms with Gasteiger partial charge in [0.25, 0.3) is 11.8 Å². The second-order valence-electron chi connectivity index (χ2n) is 8.35. The van der Waals surface area contributed by atoms with Crippen molar-refractivity contribution in [1.29, 1.82) is 0 Å². The van der Waals surface area contributed by atoms with E-state index in [9.17, 15) is 9.59 Å². The highest BCUT2D eigenvalue weighted by Crippen LogP contribution is 2.35. The number of amides is 2. The van der Waals surface area contributed by atoms with E-state index in [4.69, 9.17) is 32.7 Å². The number of nitrogens with one attached hydrogen (secondary N) is 2. The molecular weight excluding hydrogens is 628 g/mol. The Bertz CT molecular complexity index is 1290. The van der Waals surface area contributed by atoms with Gasteiger partial charge < -0.3 is 14.8 Å². The Labute approximate surface area is 239 Å². The van der Waals surface area contributed by atoms with Crippen molar-refractivity contribution in [1.82, 2.24) is 10.7 Å². The van der Waals surface area contributed by atoms with Crippen LogP contribution in [0.2, 0.25) is 10.0 Å². The third-order valence-corrected chi connectivity index (χ3v) is 6.69. The summed E-state index contributed by atoms with van der Waals surface area (Å²) in [5, 5.41) is 7.92. The van der Waals surface area contributed by atoms with Gasteiger partial charge >= 0.3 is 0 Å². The average Bonchev–Trinajstić information content (AvgIpc) is 2.87. The second-order valence-corrected chi connectivity index (χ2v) is 10.4. The van der Waals surface area contributed by atoms with Crippen LogP contribution < -0.4 is 20.2 Å². The van der Waals surface area contributed by atoms with Gasteiger partial charge in [-0.1, -0.05) is 61.3 Å². The fourth-order valence-corrected chi connectivity index (χ4v) is 4.58. The summed E-state index contributed by atoms with van der Waals surface area (Å²) in [6, 6.07) is 16.8. The molecule has 3 aromatic rings. The molecule has 0 aliphatic heterocycles. The van der Waals surface area contributed by atoms with E-state index in [0.717, 1.165) is 9.13 Å². The van der Waals surface area contributed by atoms with Crippen LogP contribution in [-0.4, -0.2) is 31.2 Å². The fraction of sp³-hybridized carbons (Fsp3) is 0.222. The molecule has 1 unspecified atom stereocenters. The second kappa shape index (κ2) is 13.6. The molecule has 2 amide bonds. The van der Waals surface area contributed by atoms with E-state index >= 15 is 0 Å². The molecule has 3 rings (SSSR count). The number of halogens is 3. The van der Waals surface area contributed by atoms with Gasteiger partial charge in [0.05, 0.1) is 16.9 Å². The number of hydrogen-bond acceptors (Lipinski definition) is 5. The number of carbonyl (C=O) groups is 2. The van der Waals surface area contributed by atoms with Crippen LogP contribution in [0.3, 0.4) is 0 Å². The molecular formula is C27H26Cl2IN3O4. The molecule has 0 fully saturated rings. The minimum Gasteiger partial charge on any atom is -0.493 e. The fourth-order valence-electron chi connectivity index (χ4n) is 3.33. The zero-order valence-corrected chi connectivity index (χ0v) is 24.1. The van der Waals surface area contributed by atoms with Gasteiger partial charge in [-0.05, 0) is 70.5 Å². The smallest absolute Gasteiger partial charge is 0.262 e. The summed E-state index contributed by atoms with van der Waals surface area (Å²) in [6.07, 6.45) is 1.50. The molecule has 10 heteroatoms. The Balaban J connectivity index is 1.66. The van der Waals surface area contributed by atoms with E-state index in [1.54, 1.807) is 55.6 Å². The summed E-state index contributed by atoms with van der Waals surface area (Å²) in [7, 11) is 1.54. The van der Waals surface area contributed by atoms with Crippen molar-refractivity contribution < 1.29 is 19.1 Å². The van der Waals surface area contributed by atoms with Gasteiger partial charge in [0.15, 0.2) is 11.5 Å². The number of ether oxygens (including phenoxy) is 2. The van der Waals surface area contributed by atoms with E-state index in [1.807, 2.05) is 26.0 Å². The summed E-state index contributed by atoms with van der Waals surface area (Å²) in [4.78, 5) is 25.3. The van der Waals surface area contributed by atoms with Crippen molar-refractivity contribution in [3.8, 4) is 11.5 Å². The number of nitrogens with zero attached hydrogens (tertiary/aromatic N) is 1. The highest BCUT2D eigenvalue weighted by molar-refractivity contribution is 14.1. The molecule has 0 aliphatic carbocycles. The van der Waals surface area contributed by atoms with Gasteiger partial charge in [-0.2, -0.15) is 5.10 Å². The number of rotatable bonds is 10. The number of carbonyl (C=O) groups excluding carboxylic acids is 2. The molecule has 37 heavy (non-hydrogen) atoms. The van der Waals surface area contributed by atoms with E-state index in [2.05, 4.69) is 38.4 Å². The molecule has 0 saturated carbocycles. The van der Waals surface area contributed by atoms with E-state index in [1.165, 1.54) is 6.21 Å². The first-order chi connectivity index (χ1) is 17.7.